The molecule has 0 heterocycles. The molecule has 0 aliphatic heterocycles. The Kier molecular flexibility index (Phi) is 57.9. The van der Waals surface area contributed by atoms with E-state index in [2.05, 4.69) is 27.7 Å². The Morgan fingerprint density at radius 3 is 0.905 bits per heavy atom. The van der Waals surface area contributed by atoms with E-state index in [1.807, 2.05) is 60.7 Å². The molecule has 2 rings (SSSR count). The monoisotopic (exact) mass is 406 g/mol. The summed E-state index contributed by atoms with van der Waals surface area (Å²) in [6.07, 6.45) is 4.56. The first-order valence-electron chi connectivity index (χ1n) is 6.75. The predicted octanol–water partition coefficient (Wildman–Crippen LogP) is 6.89. The van der Waals surface area contributed by atoms with E-state index in [1.165, 1.54) is 12.8 Å². The Morgan fingerprint density at radius 1 is 0.667 bits per heavy atom. The van der Waals surface area contributed by atoms with Crippen LogP contribution in [-0.4, -0.2) is 0 Å². The van der Waals surface area contributed by atoms with E-state index in [9.17, 15) is 0 Å². The van der Waals surface area contributed by atoms with Crippen molar-refractivity contribution in [2.45, 2.75) is 39.5 Å². The van der Waals surface area contributed by atoms with E-state index >= 15 is 0 Å². The van der Waals surface area contributed by atoms with Gasteiger partial charge in [-0.3, -0.25) is 0 Å². The molecule has 0 fully saturated rings. The van der Waals surface area contributed by atoms with Crippen LogP contribution in [0.3, 0.4) is 0 Å². The molecule has 0 unspecified atom stereocenters. The van der Waals surface area contributed by atoms with Crippen molar-refractivity contribution in [2.24, 2.45) is 0 Å². The van der Waals surface area contributed by atoms with E-state index in [4.69, 9.17) is 0 Å². The first kappa shape index (κ1) is 32.9. The van der Waals surface area contributed by atoms with Gasteiger partial charge in [0.05, 0.1) is 0 Å². The molecule has 0 bridgehead atoms. The van der Waals surface area contributed by atoms with E-state index in [0.717, 1.165) is 12.8 Å². The average Bonchev–Trinajstić information content (AvgIpc) is 3.14. The van der Waals surface area contributed by atoms with Gasteiger partial charge in [0.1, 0.15) is 0 Å². The standard InChI is InChI=1S/2C5H5.2C4H9.2ClH.Zr/c2*1-2-4-5-3-1;2*1-3-4-2;;;/h2*1-5H;2*1,3-4H2,2H3;2*1H;/q4*-1;;;+4. The van der Waals surface area contributed by atoms with Crippen molar-refractivity contribution in [3.05, 3.63) is 74.5 Å². The van der Waals surface area contributed by atoms with Gasteiger partial charge in [0.2, 0.25) is 0 Å². The summed E-state index contributed by atoms with van der Waals surface area (Å²) < 4.78 is 0. The number of hydrogen-bond acceptors (Lipinski definition) is 0. The smallest absolute Gasteiger partial charge is 0.343 e. The Bertz CT molecular complexity index is 197. The number of halogens is 2. The topological polar surface area (TPSA) is 0 Å². The molecule has 0 radical (unpaired) electrons. The molecule has 21 heavy (non-hydrogen) atoms. The summed E-state index contributed by atoms with van der Waals surface area (Å²) in [4.78, 5) is 0. The van der Waals surface area contributed by atoms with Crippen molar-refractivity contribution in [3.63, 3.8) is 0 Å². The minimum absolute atomic E-state index is 0. The molecule has 0 atom stereocenters. The summed E-state index contributed by atoms with van der Waals surface area (Å²) in [7, 11) is 0. The van der Waals surface area contributed by atoms with Gasteiger partial charge in [0, 0.05) is 0 Å². The zero-order valence-electron chi connectivity index (χ0n) is 13.3. The Morgan fingerprint density at radius 2 is 0.857 bits per heavy atom. The second-order valence-electron chi connectivity index (χ2n) is 3.63. The molecule has 2 aromatic rings. The number of rotatable bonds is 2. The zero-order chi connectivity index (χ0) is 13.9. The summed E-state index contributed by atoms with van der Waals surface area (Å²) in [5.41, 5.74) is 0. The van der Waals surface area contributed by atoms with Gasteiger partial charge in [-0.1, -0.05) is 26.7 Å². The number of hydrogen-bond donors (Lipinski definition) is 0. The van der Waals surface area contributed by atoms with Crippen LogP contribution in [0, 0.1) is 13.8 Å². The Hall–Kier alpha value is 0.163. The van der Waals surface area contributed by atoms with Crippen molar-refractivity contribution < 1.29 is 26.2 Å². The van der Waals surface area contributed by atoms with Gasteiger partial charge in [-0.15, -0.1) is 24.8 Å². The third kappa shape index (κ3) is 45.0. The maximum absolute atomic E-state index is 3.60. The van der Waals surface area contributed by atoms with Crippen molar-refractivity contribution >= 4 is 24.8 Å². The molecule has 0 aliphatic carbocycles. The molecule has 0 saturated heterocycles. The van der Waals surface area contributed by atoms with Crippen LogP contribution in [0.1, 0.15) is 39.5 Å². The minimum Gasteiger partial charge on any atom is -0.343 e. The van der Waals surface area contributed by atoms with E-state index < -0.39 is 0 Å². The van der Waals surface area contributed by atoms with Gasteiger partial charge in [-0.25, -0.2) is 24.3 Å². The Labute approximate surface area is 164 Å². The van der Waals surface area contributed by atoms with Crippen LogP contribution >= 0.6 is 24.8 Å². The quantitative estimate of drug-likeness (QED) is 0.475. The zero-order valence-corrected chi connectivity index (χ0v) is 17.4. The van der Waals surface area contributed by atoms with Crippen LogP contribution in [0.25, 0.3) is 0 Å². The molecule has 0 aromatic heterocycles. The molecule has 0 spiro atoms. The largest absolute Gasteiger partial charge is 4.00 e. The van der Waals surface area contributed by atoms with E-state index in [-0.39, 0.29) is 51.0 Å². The maximum atomic E-state index is 3.60. The second-order valence-corrected chi connectivity index (χ2v) is 3.63. The fourth-order valence-corrected chi connectivity index (χ4v) is 0.642. The molecular weight excluding hydrogens is 378 g/mol. The first-order chi connectivity index (χ1) is 8.83. The summed E-state index contributed by atoms with van der Waals surface area (Å²) in [6.45, 7) is 11.4. The van der Waals surface area contributed by atoms with Crippen LogP contribution in [0.4, 0.5) is 0 Å². The normalized spacial score (nSPS) is 6.67. The first-order valence-corrected chi connectivity index (χ1v) is 6.75. The molecular formula is C18H30Cl2Zr. The molecule has 3 heteroatoms. The van der Waals surface area contributed by atoms with E-state index in [0.29, 0.717) is 0 Å². The van der Waals surface area contributed by atoms with E-state index in [1.54, 1.807) is 0 Å². The maximum Gasteiger partial charge on any atom is 4.00 e. The molecule has 0 amide bonds. The Balaban J connectivity index is -0.0000000522. The summed E-state index contributed by atoms with van der Waals surface area (Å²) in [5, 5.41) is 0. The van der Waals surface area contributed by atoms with Gasteiger partial charge < -0.3 is 13.8 Å². The van der Waals surface area contributed by atoms with Gasteiger partial charge in [0.15, 0.2) is 0 Å². The molecule has 0 N–H and O–H groups in total. The van der Waals surface area contributed by atoms with Gasteiger partial charge in [0.25, 0.3) is 0 Å². The number of unbranched alkanes of at least 4 members (excludes halogenated alkanes) is 2. The third-order valence-electron chi connectivity index (χ3n) is 1.82. The van der Waals surface area contributed by atoms with Crippen molar-refractivity contribution in [3.8, 4) is 0 Å². The molecule has 0 nitrogen and oxygen atoms in total. The predicted molar refractivity (Wildman–Crippen MR) is 99.1 cm³/mol. The van der Waals surface area contributed by atoms with Crippen LogP contribution in [0.15, 0.2) is 60.7 Å². The molecule has 0 saturated carbocycles. The minimum atomic E-state index is 0. The summed E-state index contributed by atoms with van der Waals surface area (Å²) in [6, 6.07) is 20.0. The van der Waals surface area contributed by atoms with Crippen molar-refractivity contribution in [1.29, 1.82) is 0 Å². The SMILES string of the molecule is Cl.Cl.[CH2-]CCC.[CH2-]CCC.[Zr+4].c1cc[cH-]c1.c1cc[cH-]c1. The van der Waals surface area contributed by atoms with Gasteiger partial charge >= 0.3 is 26.2 Å². The fraction of sp³-hybridized carbons (Fsp3) is 0.333. The van der Waals surface area contributed by atoms with Crippen LogP contribution in [0.2, 0.25) is 0 Å². The van der Waals surface area contributed by atoms with Crippen molar-refractivity contribution in [1.82, 2.24) is 0 Å². The third-order valence-corrected chi connectivity index (χ3v) is 1.82. The molecule has 120 valence electrons. The van der Waals surface area contributed by atoms with Crippen LogP contribution in [0.5, 0.6) is 0 Å². The molecule has 0 aliphatic rings. The van der Waals surface area contributed by atoms with Gasteiger partial charge in [-0.05, 0) is 0 Å². The van der Waals surface area contributed by atoms with Gasteiger partial charge in [-0.2, -0.15) is 49.2 Å². The summed E-state index contributed by atoms with van der Waals surface area (Å²) in [5.74, 6) is 0. The van der Waals surface area contributed by atoms with Crippen molar-refractivity contribution in [2.75, 3.05) is 0 Å². The fourth-order valence-electron chi connectivity index (χ4n) is 0.642. The van der Waals surface area contributed by atoms with Crippen LogP contribution in [-0.2, 0) is 26.2 Å². The second kappa shape index (κ2) is 36.9. The van der Waals surface area contributed by atoms with Crippen LogP contribution < -0.4 is 0 Å². The average molecular weight is 409 g/mol. The molecule has 2 aromatic carbocycles. The summed E-state index contributed by atoms with van der Waals surface area (Å²) >= 11 is 0.